The molecule has 0 bridgehead atoms. The van der Waals surface area contributed by atoms with Crippen LogP contribution in [0.2, 0.25) is 0 Å². The lowest BCUT2D eigenvalue weighted by atomic mass is 9.99. The number of aromatic nitrogens is 4. The first-order valence-corrected chi connectivity index (χ1v) is 13.4. The third kappa shape index (κ3) is 5.07. The van der Waals surface area contributed by atoms with Gasteiger partial charge in [0, 0.05) is 24.0 Å². The van der Waals surface area contributed by atoms with Gasteiger partial charge < -0.3 is 10.6 Å². The minimum absolute atomic E-state index is 0.404. The second-order valence-corrected chi connectivity index (χ2v) is 10.4. The number of hydrogen-bond acceptors (Lipinski definition) is 6. The summed E-state index contributed by atoms with van der Waals surface area (Å²) in [5.41, 5.74) is 5.07. The van der Waals surface area contributed by atoms with Crippen LogP contribution in [-0.2, 0) is 6.54 Å². The fourth-order valence-electron chi connectivity index (χ4n) is 5.50. The molecule has 4 aromatic rings. The molecule has 0 spiro atoms. The topological polar surface area (TPSA) is 70.9 Å². The molecular formula is C29H35N7. The van der Waals surface area contributed by atoms with Crippen LogP contribution >= 0.6 is 0 Å². The quantitative estimate of drug-likeness (QED) is 0.308. The smallest absolute Gasteiger partial charge is 0.229 e. The molecule has 7 heteroatoms. The van der Waals surface area contributed by atoms with Crippen molar-refractivity contribution in [3.63, 3.8) is 0 Å². The van der Waals surface area contributed by atoms with E-state index in [1.165, 1.54) is 44.3 Å². The maximum atomic E-state index is 4.93. The Morgan fingerprint density at radius 1 is 0.833 bits per heavy atom. The lowest BCUT2D eigenvalue weighted by Crippen LogP contribution is -2.32. The Morgan fingerprint density at radius 2 is 1.56 bits per heavy atom. The zero-order chi connectivity index (χ0) is 24.3. The van der Waals surface area contributed by atoms with Crippen LogP contribution in [0.25, 0.3) is 11.2 Å². The standard InChI is InChI=1S/C29H35N7/c1-21-15-17-35(18-16-21)20-22-11-13-24(14-12-22)31-28-30-19-26-27(34-28)36(25-9-5-6-10-25)29(33-26)32-23-7-3-2-4-8-23/h2-4,7-8,11-14,19,21,25H,5-6,9-10,15-18,20H2,1H3,(H,32,33)(H,30,31,34). The summed E-state index contributed by atoms with van der Waals surface area (Å²) in [5, 5.41) is 6.92. The number of nitrogens with one attached hydrogen (secondary N) is 2. The molecule has 2 aliphatic rings. The summed E-state index contributed by atoms with van der Waals surface area (Å²) >= 11 is 0. The van der Waals surface area contributed by atoms with E-state index in [4.69, 9.17) is 9.97 Å². The number of para-hydroxylation sites is 1. The second kappa shape index (κ2) is 10.3. The van der Waals surface area contributed by atoms with Gasteiger partial charge in [-0.15, -0.1) is 0 Å². The average molecular weight is 482 g/mol. The normalized spacial score (nSPS) is 17.6. The SMILES string of the molecule is CC1CCN(Cc2ccc(Nc3ncc4nc(Nc5ccccc5)n(C5CCCC5)c4n3)cc2)CC1. The van der Waals surface area contributed by atoms with Gasteiger partial charge in [0.2, 0.25) is 11.9 Å². The molecule has 0 radical (unpaired) electrons. The molecule has 1 aliphatic heterocycles. The number of imidazole rings is 1. The van der Waals surface area contributed by atoms with Gasteiger partial charge in [0.1, 0.15) is 5.52 Å². The highest BCUT2D eigenvalue weighted by Crippen LogP contribution is 2.36. The number of hydrogen-bond donors (Lipinski definition) is 2. The predicted octanol–water partition coefficient (Wildman–Crippen LogP) is 6.66. The van der Waals surface area contributed by atoms with Crippen LogP contribution in [-0.4, -0.2) is 37.5 Å². The molecule has 2 aromatic carbocycles. The third-order valence-electron chi connectivity index (χ3n) is 7.65. The minimum atomic E-state index is 0.404. The zero-order valence-corrected chi connectivity index (χ0v) is 21.0. The van der Waals surface area contributed by atoms with Crippen LogP contribution in [0.3, 0.4) is 0 Å². The Balaban J connectivity index is 1.22. The van der Waals surface area contributed by atoms with E-state index in [1.54, 1.807) is 0 Å². The van der Waals surface area contributed by atoms with E-state index in [0.717, 1.165) is 53.8 Å². The van der Waals surface area contributed by atoms with Crippen molar-refractivity contribution in [2.24, 2.45) is 5.92 Å². The van der Waals surface area contributed by atoms with Crippen molar-refractivity contribution in [2.45, 2.75) is 58.0 Å². The summed E-state index contributed by atoms with van der Waals surface area (Å²) in [4.78, 5) is 16.9. The Hall–Kier alpha value is -3.45. The predicted molar refractivity (Wildman–Crippen MR) is 146 cm³/mol. The fraction of sp³-hybridized carbons (Fsp3) is 0.414. The van der Waals surface area contributed by atoms with Gasteiger partial charge in [-0.2, -0.15) is 4.98 Å². The zero-order valence-electron chi connectivity index (χ0n) is 21.0. The molecule has 36 heavy (non-hydrogen) atoms. The van der Waals surface area contributed by atoms with Gasteiger partial charge >= 0.3 is 0 Å². The summed E-state index contributed by atoms with van der Waals surface area (Å²) in [5.74, 6) is 2.30. The van der Waals surface area contributed by atoms with Gasteiger partial charge in [-0.3, -0.25) is 9.47 Å². The van der Waals surface area contributed by atoms with E-state index >= 15 is 0 Å². The average Bonchev–Trinajstić information content (AvgIpc) is 3.55. The highest BCUT2D eigenvalue weighted by molar-refractivity contribution is 5.77. The largest absolute Gasteiger partial charge is 0.326 e. The first-order valence-electron chi connectivity index (χ1n) is 13.4. The monoisotopic (exact) mass is 481 g/mol. The highest BCUT2D eigenvalue weighted by atomic mass is 15.3. The number of anilines is 4. The van der Waals surface area contributed by atoms with Crippen molar-refractivity contribution >= 4 is 34.4 Å². The van der Waals surface area contributed by atoms with Crippen molar-refractivity contribution < 1.29 is 0 Å². The number of piperidine rings is 1. The second-order valence-electron chi connectivity index (χ2n) is 10.4. The van der Waals surface area contributed by atoms with Gasteiger partial charge in [-0.1, -0.05) is 50.1 Å². The third-order valence-corrected chi connectivity index (χ3v) is 7.65. The van der Waals surface area contributed by atoms with Gasteiger partial charge in [0.25, 0.3) is 0 Å². The van der Waals surface area contributed by atoms with Crippen molar-refractivity contribution in [1.82, 2.24) is 24.4 Å². The van der Waals surface area contributed by atoms with Crippen LogP contribution in [0, 0.1) is 5.92 Å². The maximum Gasteiger partial charge on any atom is 0.229 e. The van der Waals surface area contributed by atoms with E-state index < -0.39 is 0 Å². The molecule has 7 nitrogen and oxygen atoms in total. The number of fused-ring (bicyclic) bond motifs is 1. The first kappa shape index (κ1) is 23.0. The Labute approximate surface area is 213 Å². The van der Waals surface area contributed by atoms with E-state index in [2.05, 4.69) is 68.4 Å². The number of benzene rings is 2. The molecule has 0 amide bonds. The fourth-order valence-corrected chi connectivity index (χ4v) is 5.50. The summed E-state index contributed by atoms with van der Waals surface area (Å²) in [6.07, 6.45) is 9.23. The summed E-state index contributed by atoms with van der Waals surface area (Å²) in [7, 11) is 0. The Kier molecular flexibility index (Phi) is 6.55. The molecule has 1 aliphatic carbocycles. The van der Waals surface area contributed by atoms with Crippen molar-refractivity contribution in [1.29, 1.82) is 0 Å². The van der Waals surface area contributed by atoms with Gasteiger partial charge in [-0.25, -0.2) is 9.97 Å². The van der Waals surface area contributed by atoms with Gasteiger partial charge in [0.15, 0.2) is 5.65 Å². The number of nitrogens with zero attached hydrogens (tertiary/aromatic N) is 5. The van der Waals surface area contributed by atoms with Crippen molar-refractivity contribution in [3.8, 4) is 0 Å². The molecule has 0 unspecified atom stereocenters. The molecule has 2 N–H and O–H groups in total. The van der Waals surface area contributed by atoms with E-state index in [9.17, 15) is 0 Å². The van der Waals surface area contributed by atoms with Gasteiger partial charge in [0.05, 0.1) is 6.20 Å². The van der Waals surface area contributed by atoms with Crippen LogP contribution in [0.4, 0.5) is 23.3 Å². The molecule has 2 aromatic heterocycles. The van der Waals surface area contributed by atoms with Crippen LogP contribution in [0.5, 0.6) is 0 Å². The summed E-state index contributed by atoms with van der Waals surface area (Å²) < 4.78 is 2.28. The Morgan fingerprint density at radius 3 is 2.31 bits per heavy atom. The molecule has 1 saturated heterocycles. The van der Waals surface area contributed by atoms with Crippen molar-refractivity contribution in [3.05, 3.63) is 66.4 Å². The molecule has 2 fully saturated rings. The molecule has 0 atom stereocenters. The lowest BCUT2D eigenvalue weighted by Gasteiger charge is -2.30. The number of likely N-dealkylation sites (tertiary alicyclic amines) is 1. The summed E-state index contributed by atoms with van der Waals surface area (Å²) in [6, 6.07) is 19.3. The van der Waals surface area contributed by atoms with Gasteiger partial charge in [-0.05, 0) is 74.5 Å². The molecule has 1 saturated carbocycles. The Bertz CT molecular complexity index is 1280. The molecule has 3 heterocycles. The molecule has 6 rings (SSSR count). The van der Waals surface area contributed by atoms with Crippen LogP contribution < -0.4 is 10.6 Å². The number of rotatable bonds is 7. The van der Waals surface area contributed by atoms with Crippen LogP contribution in [0.1, 0.15) is 57.1 Å². The minimum Gasteiger partial charge on any atom is -0.326 e. The van der Waals surface area contributed by atoms with E-state index in [1.807, 2.05) is 24.4 Å². The lowest BCUT2D eigenvalue weighted by molar-refractivity contribution is 0.185. The molecular weight excluding hydrogens is 446 g/mol. The van der Waals surface area contributed by atoms with E-state index in [-0.39, 0.29) is 0 Å². The van der Waals surface area contributed by atoms with Crippen molar-refractivity contribution in [2.75, 3.05) is 23.7 Å². The molecule has 186 valence electrons. The highest BCUT2D eigenvalue weighted by Gasteiger charge is 2.24. The summed E-state index contributed by atoms with van der Waals surface area (Å²) in [6.45, 7) is 5.78. The van der Waals surface area contributed by atoms with Crippen LogP contribution in [0.15, 0.2) is 60.8 Å². The first-order chi connectivity index (χ1) is 17.7. The van der Waals surface area contributed by atoms with E-state index in [0.29, 0.717) is 12.0 Å². The maximum absolute atomic E-state index is 4.93.